The lowest BCUT2D eigenvalue weighted by molar-refractivity contribution is 0.590. The average Bonchev–Trinajstić information content (AvgIpc) is 3.21. The highest BCUT2D eigenvalue weighted by molar-refractivity contribution is 6.12. The van der Waals surface area contributed by atoms with Crippen LogP contribution in [0.25, 0.3) is 65.7 Å². The molecule has 0 bridgehead atoms. The van der Waals surface area contributed by atoms with Crippen LogP contribution in [-0.4, -0.2) is 0 Å². The molecule has 0 aliphatic rings. The molecule has 53 heavy (non-hydrogen) atoms. The fourth-order valence-electron chi connectivity index (χ4n) is 7.96. The van der Waals surface area contributed by atoms with E-state index in [0.717, 1.165) is 17.1 Å². The summed E-state index contributed by atoms with van der Waals surface area (Å²) in [6.45, 7) is 6.82. The Morgan fingerprint density at radius 2 is 0.962 bits per heavy atom. The van der Waals surface area contributed by atoms with Crippen molar-refractivity contribution in [1.29, 1.82) is 0 Å². The zero-order valence-corrected chi connectivity index (χ0v) is 30.4. The molecule has 0 saturated heterocycles. The van der Waals surface area contributed by atoms with Gasteiger partial charge in [0.15, 0.2) is 0 Å². The summed E-state index contributed by atoms with van der Waals surface area (Å²) in [6, 6.07) is 71.1. The molecule has 1 heteroatoms. The lowest BCUT2D eigenvalue weighted by Crippen LogP contribution is -2.14. The van der Waals surface area contributed by atoms with Crippen molar-refractivity contribution in [2.45, 2.75) is 26.2 Å². The number of fused-ring (bicyclic) bond motifs is 4. The molecule has 1 nitrogen and oxygen atoms in total. The summed E-state index contributed by atoms with van der Waals surface area (Å²) in [5, 5.41) is 7.56. The predicted molar refractivity (Wildman–Crippen MR) is 229 cm³/mol. The number of anilines is 3. The molecule has 254 valence electrons. The Kier molecular flexibility index (Phi) is 8.13. The first-order valence-corrected chi connectivity index (χ1v) is 18.5. The zero-order valence-electron chi connectivity index (χ0n) is 30.4. The van der Waals surface area contributed by atoms with Crippen molar-refractivity contribution in [3.05, 3.63) is 200 Å². The fourth-order valence-corrected chi connectivity index (χ4v) is 7.96. The van der Waals surface area contributed by atoms with Crippen molar-refractivity contribution in [3.8, 4) is 33.4 Å². The Labute approximate surface area is 312 Å². The Bertz CT molecular complexity index is 2750. The van der Waals surface area contributed by atoms with Gasteiger partial charge in [0.2, 0.25) is 0 Å². The van der Waals surface area contributed by atoms with Gasteiger partial charge in [0.1, 0.15) is 0 Å². The van der Waals surface area contributed by atoms with E-state index in [1.807, 2.05) is 0 Å². The summed E-state index contributed by atoms with van der Waals surface area (Å²) in [5.74, 6) is 0. The Morgan fingerprint density at radius 3 is 1.77 bits per heavy atom. The fraction of sp³-hybridized carbons (Fsp3) is 0.0769. The maximum absolute atomic E-state index is 2.44. The number of benzene rings is 9. The first kappa shape index (κ1) is 32.5. The van der Waals surface area contributed by atoms with Gasteiger partial charge in [0.25, 0.3) is 0 Å². The van der Waals surface area contributed by atoms with Gasteiger partial charge < -0.3 is 4.90 Å². The lowest BCUT2D eigenvalue weighted by atomic mass is 9.87. The minimum absolute atomic E-state index is 0.0521. The Balaban J connectivity index is 1.27. The van der Waals surface area contributed by atoms with Gasteiger partial charge in [-0.05, 0) is 101 Å². The summed E-state index contributed by atoms with van der Waals surface area (Å²) in [4.78, 5) is 2.44. The summed E-state index contributed by atoms with van der Waals surface area (Å²) in [5.41, 5.74) is 12.0. The number of hydrogen-bond acceptors (Lipinski definition) is 1. The molecule has 0 aliphatic heterocycles. The van der Waals surface area contributed by atoms with Crippen LogP contribution in [0.15, 0.2) is 194 Å². The number of hydrogen-bond donors (Lipinski definition) is 0. The molecule has 0 amide bonds. The van der Waals surface area contributed by atoms with Crippen LogP contribution >= 0.6 is 0 Å². The molecular weight excluding hydrogens is 639 g/mol. The van der Waals surface area contributed by atoms with Gasteiger partial charge in [0, 0.05) is 16.9 Å². The molecular formula is C52H41N. The van der Waals surface area contributed by atoms with Gasteiger partial charge >= 0.3 is 0 Å². The molecule has 0 heterocycles. The van der Waals surface area contributed by atoms with E-state index >= 15 is 0 Å². The van der Waals surface area contributed by atoms with E-state index in [4.69, 9.17) is 0 Å². The Hall–Kier alpha value is -6.44. The molecule has 9 aromatic carbocycles. The van der Waals surface area contributed by atoms with Crippen LogP contribution in [0.3, 0.4) is 0 Å². The summed E-state index contributed by atoms with van der Waals surface area (Å²) >= 11 is 0. The van der Waals surface area contributed by atoms with Gasteiger partial charge in [0.05, 0.1) is 5.69 Å². The van der Waals surface area contributed by atoms with Crippen LogP contribution in [0.1, 0.15) is 26.3 Å². The van der Waals surface area contributed by atoms with Crippen LogP contribution in [0, 0.1) is 0 Å². The monoisotopic (exact) mass is 679 g/mol. The van der Waals surface area contributed by atoms with Crippen molar-refractivity contribution >= 4 is 49.4 Å². The molecule has 0 saturated carbocycles. The van der Waals surface area contributed by atoms with Crippen molar-refractivity contribution in [3.63, 3.8) is 0 Å². The molecule has 9 rings (SSSR count). The topological polar surface area (TPSA) is 3.24 Å². The van der Waals surface area contributed by atoms with Crippen LogP contribution in [0.5, 0.6) is 0 Å². The third-order valence-corrected chi connectivity index (χ3v) is 10.6. The van der Waals surface area contributed by atoms with E-state index < -0.39 is 0 Å². The van der Waals surface area contributed by atoms with E-state index in [2.05, 4.69) is 220 Å². The second-order valence-electron chi connectivity index (χ2n) is 15.0. The van der Waals surface area contributed by atoms with Crippen molar-refractivity contribution in [2.24, 2.45) is 0 Å². The second-order valence-corrected chi connectivity index (χ2v) is 15.0. The quantitative estimate of drug-likeness (QED) is 0.158. The first-order valence-electron chi connectivity index (χ1n) is 18.5. The van der Waals surface area contributed by atoms with Crippen molar-refractivity contribution < 1.29 is 0 Å². The van der Waals surface area contributed by atoms with E-state index in [1.54, 1.807) is 0 Å². The third-order valence-electron chi connectivity index (χ3n) is 10.6. The molecule has 0 aliphatic carbocycles. The summed E-state index contributed by atoms with van der Waals surface area (Å²) in [7, 11) is 0. The van der Waals surface area contributed by atoms with E-state index in [9.17, 15) is 0 Å². The third kappa shape index (κ3) is 5.95. The maximum Gasteiger partial charge on any atom is 0.0540 e. The number of para-hydroxylation sites is 1. The molecule has 0 unspecified atom stereocenters. The van der Waals surface area contributed by atoms with Crippen LogP contribution in [-0.2, 0) is 5.41 Å². The van der Waals surface area contributed by atoms with Crippen LogP contribution in [0.4, 0.5) is 17.1 Å². The van der Waals surface area contributed by atoms with Crippen molar-refractivity contribution in [1.82, 2.24) is 0 Å². The van der Waals surface area contributed by atoms with Crippen molar-refractivity contribution in [2.75, 3.05) is 4.90 Å². The van der Waals surface area contributed by atoms with Gasteiger partial charge in [-0.25, -0.2) is 0 Å². The summed E-state index contributed by atoms with van der Waals surface area (Å²) < 4.78 is 0. The molecule has 0 aromatic heterocycles. The van der Waals surface area contributed by atoms with Crippen LogP contribution in [0.2, 0.25) is 0 Å². The highest BCUT2D eigenvalue weighted by Gasteiger charge is 2.21. The lowest BCUT2D eigenvalue weighted by Gasteiger charge is -2.29. The smallest absolute Gasteiger partial charge is 0.0540 e. The van der Waals surface area contributed by atoms with E-state index in [-0.39, 0.29) is 5.41 Å². The maximum atomic E-state index is 2.44. The minimum atomic E-state index is 0.0521. The van der Waals surface area contributed by atoms with Gasteiger partial charge in [-0.15, -0.1) is 0 Å². The highest BCUT2D eigenvalue weighted by atomic mass is 15.1. The predicted octanol–water partition coefficient (Wildman–Crippen LogP) is 14.9. The molecule has 9 aromatic rings. The second kappa shape index (κ2) is 13.3. The molecule has 0 N–H and O–H groups in total. The van der Waals surface area contributed by atoms with E-state index in [0.29, 0.717) is 0 Å². The SMILES string of the molecule is CC(C)(C)c1ccc(N(c2cccc(-c3cccc4c3ccc3ccccc34)c2)c2ccccc2-c2cccc3cccc(-c4ccccc4)c23)cc1. The summed E-state index contributed by atoms with van der Waals surface area (Å²) in [6.07, 6.45) is 0. The van der Waals surface area contributed by atoms with Crippen LogP contribution < -0.4 is 4.90 Å². The number of nitrogens with zero attached hydrogens (tertiary/aromatic N) is 1. The average molecular weight is 680 g/mol. The zero-order chi connectivity index (χ0) is 35.9. The molecule has 0 radical (unpaired) electrons. The highest BCUT2D eigenvalue weighted by Crippen LogP contribution is 2.46. The molecule has 0 fully saturated rings. The standard InChI is InChI=1S/C52H41N/c1-52(2,3)40-30-32-41(33-31-40)53(42-21-11-20-39(35-42)44-24-14-26-46-43-22-8-7-17-37(43)29-34-47(44)46)50-28-10-9-23-48(50)49-27-13-19-38-18-12-25-45(51(38)49)36-15-5-4-6-16-36/h4-35H,1-3H3. The minimum Gasteiger partial charge on any atom is -0.310 e. The Morgan fingerprint density at radius 1 is 0.358 bits per heavy atom. The van der Waals surface area contributed by atoms with E-state index in [1.165, 1.54) is 71.3 Å². The van der Waals surface area contributed by atoms with Gasteiger partial charge in [-0.3, -0.25) is 0 Å². The van der Waals surface area contributed by atoms with Gasteiger partial charge in [-0.2, -0.15) is 0 Å². The largest absolute Gasteiger partial charge is 0.310 e. The molecule has 0 atom stereocenters. The normalized spacial score (nSPS) is 11.7. The molecule has 0 spiro atoms. The first-order chi connectivity index (χ1) is 25.9. The van der Waals surface area contributed by atoms with Gasteiger partial charge in [-0.1, -0.05) is 185 Å². The number of rotatable bonds is 6.